The Morgan fingerprint density at radius 2 is 1.81 bits per heavy atom. The van der Waals surface area contributed by atoms with Crippen LogP contribution in [-0.2, 0) is 21.9 Å². The molecule has 2 amide bonds. The molecule has 1 aromatic carbocycles. The number of benzene rings is 1. The molecule has 0 spiro atoms. The van der Waals surface area contributed by atoms with E-state index in [1.807, 2.05) is 24.3 Å². The van der Waals surface area contributed by atoms with Crippen LogP contribution < -0.4 is 11.1 Å². The van der Waals surface area contributed by atoms with Gasteiger partial charge in [0.2, 0.25) is 15.9 Å². The van der Waals surface area contributed by atoms with Crippen molar-refractivity contribution in [2.45, 2.75) is 43.9 Å². The van der Waals surface area contributed by atoms with Gasteiger partial charge in [0.25, 0.3) is 5.91 Å². The number of primary amides is 1. The summed E-state index contributed by atoms with van der Waals surface area (Å²) in [5.74, 6) is -0.557. The maximum Gasteiger partial charge on any atom is 0.265 e. The Kier molecular flexibility index (Phi) is 6.86. The molecule has 1 fully saturated rings. The number of rotatable bonds is 7. The highest BCUT2D eigenvalue weighted by Crippen LogP contribution is 2.26. The van der Waals surface area contributed by atoms with Gasteiger partial charge in [-0.1, -0.05) is 26.0 Å². The third kappa shape index (κ3) is 4.99. The number of nitrogens with two attached hydrogens (primary N) is 1. The molecular formula is C22H30N4O4S. The van der Waals surface area contributed by atoms with Crippen LogP contribution >= 0.6 is 0 Å². The van der Waals surface area contributed by atoms with Gasteiger partial charge in [0.05, 0.1) is 0 Å². The summed E-state index contributed by atoms with van der Waals surface area (Å²) in [4.78, 5) is 24.1. The number of carbonyl (C=O) groups is 2. The molecule has 1 aromatic heterocycles. The molecule has 1 atom stereocenters. The van der Waals surface area contributed by atoms with Crippen molar-refractivity contribution in [1.82, 2.24) is 8.87 Å². The highest BCUT2D eigenvalue weighted by molar-refractivity contribution is 7.89. The summed E-state index contributed by atoms with van der Waals surface area (Å²) < 4.78 is 28.6. The lowest BCUT2D eigenvalue weighted by Crippen LogP contribution is -2.41. The van der Waals surface area contributed by atoms with Crippen LogP contribution in [0.15, 0.2) is 41.4 Å². The zero-order chi connectivity index (χ0) is 22.8. The number of sulfonamides is 1. The van der Waals surface area contributed by atoms with E-state index in [0.29, 0.717) is 18.8 Å². The van der Waals surface area contributed by atoms with Gasteiger partial charge in [-0.15, -0.1) is 0 Å². The van der Waals surface area contributed by atoms with Crippen molar-refractivity contribution in [2.24, 2.45) is 18.7 Å². The monoisotopic (exact) mass is 446 g/mol. The fourth-order valence-electron chi connectivity index (χ4n) is 3.80. The van der Waals surface area contributed by atoms with Gasteiger partial charge in [0.1, 0.15) is 10.6 Å². The second kappa shape index (κ2) is 9.23. The molecule has 0 unspecified atom stereocenters. The lowest BCUT2D eigenvalue weighted by atomic mass is 9.96. The van der Waals surface area contributed by atoms with Crippen molar-refractivity contribution in [1.29, 1.82) is 0 Å². The maximum atomic E-state index is 12.9. The second-order valence-corrected chi connectivity index (χ2v) is 10.1. The third-order valence-corrected chi connectivity index (χ3v) is 7.92. The number of amides is 2. The van der Waals surface area contributed by atoms with E-state index in [2.05, 4.69) is 19.2 Å². The number of piperidine rings is 1. The van der Waals surface area contributed by atoms with E-state index in [0.717, 1.165) is 12.1 Å². The molecule has 1 aliphatic rings. The van der Waals surface area contributed by atoms with Crippen LogP contribution in [0.4, 0.5) is 5.69 Å². The first-order valence-electron chi connectivity index (χ1n) is 10.5. The summed E-state index contributed by atoms with van der Waals surface area (Å²) in [6, 6.07) is 9.16. The predicted molar refractivity (Wildman–Crippen MR) is 119 cm³/mol. The number of hydrogen-bond acceptors (Lipinski definition) is 4. The maximum absolute atomic E-state index is 12.9. The average Bonchev–Trinajstić information content (AvgIpc) is 3.16. The zero-order valence-electron chi connectivity index (χ0n) is 18.2. The summed E-state index contributed by atoms with van der Waals surface area (Å²) in [5, 5.41) is 2.94. The summed E-state index contributed by atoms with van der Waals surface area (Å²) in [6.07, 6.45) is 3.31. The molecule has 168 valence electrons. The van der Waals surface area contributed by atoms with Gasteiger partial charge in [-0.25, -0.2) is 8.42 Å². The van der Waals surface area contributed by atoms with Crippen LogP contribution in [0, 0.1) is 5.92 Å². The van der Waals surface area contributed by atoms with E-state index in [4.69, 9.17) is 5.73 Å². The van der Waals surface area contributed by atoms with Crippen molar-refractivity contribution < 1.29 is 18.0 Å². The van der Waals surface area contributed by atoms with E-state index in [-0.39, 0.29) is 35.5 Å². The molecule has 2 heterocycles. The van der Waals surface area contributed by atoms with Gasteiger partial charge in [0.15, 0.2) is 0 Å². The Hall–Kier alpha value is -2.65. The molecule has 0 radical (unpaired) electrons. The lowest BCUT2D eigenvalue weighted by Gasteiger charge is -2.30. The van der Waals surface area contributed by atoms with Crippen molar-refractivity contribution in [3.8, 4) is 0 Å². The molecular weight excluding hydrogens is 416 g/mol. The molecule has 9 heteroatoms. The number of nitrogens with one attached hydrogen (secondary N) is 1. The smallest absolute Gasteiger partial charge is 0.265 e. The molecule has 0 aliphatic carbocycles. The minimum Gasteiger partial charge on any atom is -0.364 e. The number of anilines is 1. The lowest BCUT2D eigenvalue weighted by molar-refractivity contribution is -0.120. The number of aromatic nitrogens is 1. The Bertz CT molecular complexity index is 1050. The molecule has 3 N–H and O–H groups in total. The van der Waals surface area contributed by atoms with Crippen molar-refractivity contribution in [2.75, 3.05) is 18.4 Å². The van der Waals surface area contributed by atoms with Gasteiger partial charge < -0.3 is 15.6 Å². The van der Waals surface area contributed by atoms with Crippen molar-refractivity contribution >= 4 is 27.5 Å². The van der Waals surface area contributed by atoms with Crippen molar-refractivity contribution in [3.05, 3.63) is 47.8 Å². The molecule has 0 bridgehead atoms. The first-order chi connectivity index (χ1) is 14.6. The van der Waals surface area contributed by atoms with E-state index in [1.165, 1.54) is 26.7 Å². The normalized spacial score (nSPS) is 16.7. The summed E-state index contributed by atoms with van der Waals surface area (Å²) in [6.45, 7) is 4.79. The van der Waals surface area contributed by atoms with Crippen LogP contribution in [0.2, 0.25) is 0 Å². The number of carbonyl (C=O) groups excluding carboxylic acids is 2. The summed E-state index contributed by atoms with van der Waals surface area (Å²) in [5.41, 5.74) is 7.39. The van der Waals surface area contributed by atoms with E-state index in [9.17, 15) is 18.0 Å². The second-order valence-electron chi connectivity index (χ2n) is 8.14. The van der Waals surface area contributed by atoms with Gasteiger partial charge in [0, 0.05) is 37.9 Å². The van der Waals surface area contributed by atoms with Gasteiger partial charge in [-0.2, -0.15) is 4.31 Å². The Labute approximate surface area is 183 Å². The minimum absolute atomic E-state index is 0.0353. The topological polar surface area (TPSA) is 114 Å². The predicted octanol–water partition coefficient (Wildman–Crippen LogP) is 2.68. The van der Waals surface area contributed by atoms with Gasteiger partial charge in [-0.3, -0.25) is 9.59 Å². The summed E-state index contributed by atoms with van der Waals surface area (Å²) in [7, 11) is -2.17. The highest BCUT2D eigenvalue weighted by atomic mass is 32.2. The fraction of sp³-hybridized carbons (Fsp3) is 0.455. The molecule has 0 saturated carbocycles. The van der Waals surface area contributed by atoms with E-state index < -0.39 is 15.9 Å². The molecule has 8 nitrogen and oxygen atoms in total. The average molecular weight is 447 g/mol. The van der Waals surface area contributed by atoms with Crippen LogP contribution in [-0.4, -0.2) is 42.2 Å². The summed E-state index contributed by atoms with van der Waals surface area (Å²) >= 11 is 0. The van der Waals surface area contributed by atoms with Crippen LogP contribution in [0.25, 0.3) is 0 Å². The highest BCUT2D eigenvalue weighted by Gasteiger charge is 2.33. The third-order valence-electron chi connectivity index (χ3n) is 6.05. The number of hydrogen-bond donors (Lipinski definition) is 2. The number of nitrogens with zero attached hydrogens (tertiary/aromatic N) is 2. The Balaban J connectivity index is 1.60. The molecule has 1 aliphatic heterocycles. The van der Waals surface area contributed by atoms with Crippen molar-refractivity contribution in [3.63, 3.8) is 0 Å². The quantitative estimate of drug-likeness (QED) is 0.680. The van der Waals surface area contributed by atoms with Gasteiger partial charge >= 0.3 is 0 Å². The van der Waals surface area contributed by atoms with Crippen LogP contribution in [0.3, 0.4) is 0 Å². The molecule has 2 aromatic rings. The van der Waals surface area contributed by atoms with Crippen LogP contribution in [0.5, 0.6) is 0 Å². The van der Waals surface area contributed by atoms with Gasteiger partial charge in [-0.05, 0) is 48.9 Å². The molecule has 3 rings (SSSR count). The standard InChI is InChI=1S/C22H30N4O4S/c1-4-15(2)16-5-7-18(8-6-16)24-22(28)17-9-11-26(12-10-17)31(29,30)19-13-20(21(23)27)25(3)14-19/h5-8,13-15,17H,4,9-12H2,1-3H3,(H2,23,27)(H,24,28)/t15-/m1/s1. The molecule has 31 heavy (non-hydrogen) atoms. The first kappa shape index (κ1) is 23.0. The number of aryl methyl sites for hydroxylation is 1. The van der Waals surface area contributed by atoms with E-state index in [1.54, 1.807) is 7.05 Å². The van der Waals surface area contributed by atoms with E-state index >= 15 is 0 Å². The zero-order valence-corrected chi connectivity index (χ0v) is 19.0. The molecule has 1 saturated heterocycles. The largest absolute Gasteiger partial charge is 0.364 e. The minimum atomic E-state index is -3.75. The Morgan fingerprint density at radius 3 is 2.32 bits per heavy atom. The Morgan fingerprint density at radius 1 is 1.19 bits per heavy atom. The van der Waals surface area contributed by atoms with Crippen LogP contribution in [0.1, 0.15) is 55.1 Å². The SMILES string of the molecule is CC[C@@H](C)c1ccc(NC(=O)C2CCN(S(=O)(=O)c3cc(C(N)=O)n(C)c3)CC2)cc1. The fourth-order valence-corrected chi connectivity index (χ4v) is 5.34. The first-order valence-corrected chi connectivity index (χ1v) is 11.9.